The maximum atomic E-state index is 13.2. The van der Waals surface area contributed by atoms with Crippen LogP contribution in [0.25, 0.3) is 0 Å². The zero-order valence-electron chi connectivity index (χ0n) is 24.4. The van der Waals surface area contributed by atoms with Gasteiger partial charge in [0.2, 0.25) is 5.91 Å². The van der Waals surface area contributed by atoms with Crippen molar-refractivity contribution in [1.82, 2.24) is 4.90 Å². The highest BCUT2D eigenvalue weighted by Crippen LogP contribution is 2.36. The van der Waals surface area contributed by atoms with Gasteiger partial charge in [0, 0.05) is 17.6 Å². The third-order valence-electron chi connectivity index (χ3n) is 7.10. The zero-order valence-corrected chi connectivity index (χ0v) is 25.9. The number of hydrogen-bond acceptors (Lipinski definition) is 5. The maximum absolute atomic E-state index is 13.2. The molecular weight excluding hydrogens is 535 g/mol. The third-order valence-corrected chi connectivity index (χ3v) is 7.65. The van der Waals surface area contributed by atoms with Crippen molar-refractivity contribution >= 4 is 40.8 Å². The van der Waals surface area contributed by atoms with Crippen molar-refractivity contribution in [2.24, 2.45) is 11.8 Å². The number of anilines is 1. The second kappa shape index (κ2) is 12.5. The van der Waals surface area contributed by atoms with E-state index in [1.807, 2.05) is 39.8 Å². The number of ether oxygens (including phenoxy) is 2. The van der Waals surface area contributed by atoms with E-state index in [1.54, 1.807) is 32.0 Å². The normalized spacial score (nSPS) is 19.7. The zero-order chi connectivity index (χ0) is 29.1. The number of nitrogens with zero attached hydrogens (tertiary/aromatic N) is 1. The summed E-state index contributed by atoms with van der Waals surface area (Å²) in [5, 5.41) is 3.87. The molecule has 0 aliphatic heterocycles. The van der Waals surface area contributed by atoms with E-state index >= 15 is 0 Å². The number of nitrogens with one attached hydrogen (secondary N) is 1. The molecule has 1 aliphatic rings. The predicted octanol–water partition coefficient (Wildman–Crippen LogP) is 7.68. The number of amides is 1. The van der Waals surface area contributed by atoms with Crippen molar-refractivity contribution in [2.45, 2.75) is 92.0 Å². The molecule has 0 heterocycles. The quantitative estimate of drug-likeness (QED) is 0.310. The molecule has 1 saturated carbocycles. The van der Waals surface area contributed by atoms with Gasteiger partial charge in [-0.3, -0.25) is 9.69 Å². The molecule has 1 amide bonds. The molecule has 6 nitrogen and oxygen atoms in total. The average Bonchev–Trinajstić information content (AvgIpc) is 3.13. The highest BCUT2D eigenvalue weighted by atomic mass is 35.5. The number of carbonyl (C=O) groups is 2. The van der Waals surface area contributed by atoms with Crippen LogP contribution in [0.2, 0.25) is 10.0 Å². The highest BCUT2D eigenvalue weighted by molar-refractivity contribution is 6.36. The molecule has 0 aromatic heterocycles. The van der Waals surface area contributed by atoms with Gasteiger partial charge in [0.15, 0.2) is 5.60 Å². The molecule has 2 atom stereocenters. The first-order valence-electron chi connectivity index (χ1n) is 13.6. The van der Waals surface area contributed by atoms with Crippen LogP contribution in [0, 0.1) is 18.8 Å². The van der Waals surface area contributed by atoms with E-state index in [1.165, 1.54) is 0 Å². The summed E-state index contributed by atoms with van der Waals surface area (Å²) in [6.07, 6.45) is 2.27. The minimum Gasteiger partial charge on any atom is -0.476 e. The Kier molecular flexibility index (Phi) is 10.0. The number of carbonyl (C=O) groups excluding carboxylic acids is 2. The minimum absolute atomic E-state index is 0.124. The second-order valence-electron chi connectivity index (χ2n) is 12.3. The van der Waals surface area contributed by atoms with Crippen LogP contribution in [0.15, 0.2) is 36.4 Å². The van der Waals surface area contributed by atoms with E-state index in [4.69, 9.17) is 32.7 Å². The fourth-order valence-electron chi connectivity index (χ4n) is 5.26. The Morgan fingerprint density at radius 3 is 2.21 bits per heavy atom. The summed E-state index contributed by atoms with van der Waals surface area (Å²) in [6, 6.07) is 11.3. The van der Waals surface area contributed by atoms with Crippen LogP contribution < -0.4 is 10.1 Å². The van der Waals surface area contributed by atoms with Gasteiger partial charge >= 0.3 is 5.97 Å². The van der Waals surface area contributed by atoms with E-state index in [0.717, 1.165) is 24.0 Å². The molecule has 0 spiro atoms. The fraction of sp³-hybridized carbons (Fsp3) is 0.548. The first kappa shape index (κ1) is 31.3. The monoisotopic (exact) mass is 576 g/mol. The Morgan fingerprint density at radius 1 is 1.00 bits per heavy atom. The molecule has 2 unspecified atom stereocenters. The van der Waals surface area contributed by atoms with Crippen LogP contribution in [0.1, 0.15) is 72.4 Å². The molecular formula is C31H42Cl2N2O4. The molecule has 1 fully saturated rings. The van der Waals surface area contributed by atoms with Crippen LogP contribution in [0.5, 0.6) is 5.75 Å². The lowest BCUT2D eigenvalue weighted by molar-refractivity contribution is -0.171. The van der Waals surface area contributed by atoms with Crippen molar-refractivity contribution in [3.05, 3.63) is 57.6 Å². The average molecular weight is 578 g/mol. The first-order valence-corrected chi connectivity index (χ1v) is 14.3. The van der Waals surface area contributed by atoms with Crippen molar-refractivity contribution in [2.75, 3.05) is 11.9 Å². The molecule has 0 radical (unpaired) electrons. The maximum Gasteiger partial charge on any atom is 0.350 e. The van der Waals surface area contributed by atoms with Gasteiger partial charge in [0.1, 0.15) is 11.4 Å². The van der Waals surface area contributed by atoms with Crippen molar-refractivity contribution in [3.8, 4) is 5.75 Å². The molecule has 0 bridgehead atoms. The lowest BCUT2D eigenvalue weighted by Gasteiger charge is -2.34. The number of halogens is 2. The van der Waals surface area contributed by atoms with Gasteiger partial charge in [-0.1, -0.05) is 49.2 Å². The van der Waals surface area contributed by atoms with Crippen LogP contribution in [-0.2, 0) is 20.9 Å². The number of aryl methyl sites for hydroxylation is 1. The predicted molar refractivity (Wildman–Crippen MR) is 159 cm³/mol. The molecule has 8 heteroatoms. The summed E-state index contributed by atoms with van der Waals surface area (Å²) in [7, 11) is 0. The van der Waals surface area contributed by atoms with Crippen LogP contribution in [0.4, 0.5) is 5.69 Å². The lowest BCUT2D eigenvalue weighted by atomic mass is 9.97. The summed E-state index contributed by atoms with van der Waals surface area (Å²) in [4.78, 5) is 28.1. The van der Waals surface area contributed by atoms with Gasteiger partial charge in [-0.25, -0.2) is 4.79 Å². The van der Waals surface area contributed by atoms with Gasteiger partial charge in [0.25, 0.3) is 0 Å². The lowest BCUT2D eigenvalue weighted by Crippen LogP contribution is -2.44. The largest absolute Gasteiger partial charge is 0.476 e. The summed E-state index contributed by atoms with van der Waals surface area (Å²) < 4.78 is 11.6. The van der Waals surface area contributed by atoms with Crippen LogP contribution >= 0.6 is 23.2 Å². The van der Waals surface area contributed by atoms with Gasteiger partial charge in [-0.05, 0) is 102 Å². The van der Waals surface area contributed by atoms with E-state index in [-0.39, 0.29) is 18.5 Å². The smallest absolute Gasteiger partial charge is 0.350 e. The Bertz CT molecular complexity index is 1180. The topological polar surface area (TPSA) is 67.9 Å². The fourth-order valence-corrected chi connectivity index (χ4v) is 5.71. The molecule has 1 aliphatic carbocycles. The summed E-state index contributed by atoms with van der Waals surface area (Å²) >= 11 is 12.3. The first-order chi connectivity index (χ1) is 18.1. The Balaban J connectivity index is 1.77. The van der Waals surface area contributed by atoms with E-state index in [0.29, 0.717) is 39.9 Å². The SMILES string of the molecule is Cc1cc(CN(CC(=O)Nc2ccc(Cl)cc2Cl)C2C(C)CCC2C)ccc1OC(C)(C)C(=O)OC(C)(C)C. The van der Waals surface area contributed by atoms with Crippen LogP contribution in [-0.4, -0.2) is 40.6 Å². The Morgan fingerprint density at radius 2 is 1.64 bits per heavy atom. The van der Waals surface area contributed by atoms with Gasteiger partial charge in [-0.2, -0.15) is 0 Å². The molecule has 2 aromatic carbocycles. The third kappa shape index (κ3) is 8.60. The van der Waals surface area contributed by atoms with E-state index in [9.17, 15) is 9.59 Å². The second-order valence-corrected chi connectivity index (χ2v) is 13.2. The van der Waals surface area contributed by atoms with Crippen molar-refractivity contribution in [3.63, 3.8) is 0 Å². The summed E-state index contributed by atoms with van der Waals surface area (Å²) in [5.41, 5.74) is 0.789. The summed E-state index contributed by atoms with van der Waals surface area (Å²) in [6.45, 7) is 16.3. The van der Waals surface area contributed by atoms with Gasteiger partial charge in [-0.15, -0.1) is 0 Å². The minimum atomic E-state index is -1.14. The van der Waals surface area contributed by atoms with E-state index < -0.39 is 17.2 Å². The van der Waals surface area contributed by atoms with Crippen molar-refractivity contribution in [1.29, 1.82) is 0 Å². The number of esters is 1. The highest BCUT2D eigenvalue weighted by Gasteiger charge is 2.37. The van der Waals surface area contributed by atoms with Gasteiger partial charge in [0.05, 0.1) is 17.3 Å². The number of hydrogen-bond donors (Lipinski definition) is 1. The summed E-state index contributed by atoms with van der Waals surface area (Å²) in [5.74, 6) is 1.04. The standard InChI is InChI=1S/C31H42Cl2N2O4/c1-19-9-10-20(2)28(19)35(18-27(36)34-25-13-12-23(32)16-24(25)33)17-22-11-14-26(21(3)15-22)38-31(7,8)29(37)39-30(4,5)6/h11-16,19-20,28H,9-10,17-18H2,1-8H3,(H,34,36). The molecule has 39 heavy (non-hydrogen) atoms. The van der Waals surface area contributed by atoms with Crippen molar-refractivity contribution < 1.29 is 19.1 Å². The molecule has 3 rings (SSSR count). The van der Waals surface area contributed by atoms with Gasteiger partial charge < -0.3 is 14.8 Å². The Labute approximate surface area is 243 Å². The number of benzene rings is 2. The Hall–Kier alpha value is -2.28. The molecule has 1 N–H and O–H groups in total. The number of rotatable bonds is 9. The molecule has 0 saturated heterocycles. The van der Waals surface area contributed by atoms with Crippen LogP contribution in [0.3, 0.4) is 0 Å². The molecule has 2 aromatic rings. The van der Waals surface area contributed by atoms with E-state index in [2.05, 4.69) is 30.1 Å². The molecule has 214 valence electrons.